The summed E-state index contributed by atoms with van der Waals surface area (Å²) < 4.78 is 107. The molecule has 0 bridgehead atoms. The zero-order valence-electron chi connectivity index (χ0n) is 61.8. The smallest absolute Gasteiger partial charge is 0.217 e. The number of carbonyl (C=O) groups excluding carboxylic acids is 2. The van der Waals surface area contributed by atoms with Gasteiger partial charge in [-0.15, -0.1) is 0 Å². The molecule has 0 aromatic heterocycles. The van der Waals surface area contributed by atoms with Gasteiger partial charge in [0.1, 0.15) is 232 Å². The average molecular weight is 1690 g/mol. The van der Waals surface area contributed by atoms with Crippen LogP contribution in [0.5, 0.6) is 0 Å². The van der Waals surface area contributed by atoms with Crippen LogP contribution in [0.1, 0.15) is 27.7 Å². The van der Waals surface area contributed by atoms with Gasteiger partial charge in [0.15, 0.2) is 56.6 Å². The second-order valence-corrected chi connectivity index (χ2v) is 29.2. The molecule has 9 rings (SSSR count). The molecule has 2 amide bonds. The van der Waals surface area contributed by atoms with E-state index in [0.717, 1.165) is 13.8 Å². The third kappa shape index (κ3) is 21.1. The Kier molecular flexibility index (Phi) is 35.0. The monoisotopic (exact) mass is 1690 g/mol. The Morgan fingerprint density at radius 3 is 0.939 bits per heavy atom. The van der Waals surface area contributed by atoms with Crippen LogP contribution in [0.4, 0.5) is 0 Å². The second-order valence-electron chi connectivity index (χ2n) is 29.2. The van der Waals surface area contributed by atoms with E-state index in [2.05, 4.69) is 10.6 Å². The quantitative estimate of drug-likeness (QED) is 0.0297. The van der Waals surface area contributed by atoms with Crippen molar-refractivity contribution in [2.75, 3.05) is 59.5 Å². The zero-order chi connectivity index (χ0) is 85.0. The minimum absolute atomic E-state index is 0.879. The van der Waals surface area contributed by atoms with E-state index in [-0.39, 0.29) is 0 Å². The van der Waals surface area contributed by atoms with Gasteiger partial charge in [-0.05, 0) is 13.8 Å². The van der Waals surface area contributed by atoms with Crippen LogP contribution in [0.3, 0.4) is 0 Å². The highest BCUT2D eigenvalue weighted by atomic mass is 16.8. The Labute approximate surface area is 651 Å². The van der Waals surface area contributed by atoms with Crippen LogP contribution in [-0.2, 0) is 94.9 Å². The lowest BCUT2D eigenvalue weighted by atomic mass is 9.93. The third-order valence-corrected chi connectivity index (χ3v) is 21.2. The lowest BCUT2D eigenvalue weighted by Gasteiger charge is -2.52. The van der Waals surface area contributed by atoms with Crippen LogP contribution in [0.25, 0.3) is 0 Å². The van der Waals surface area contributed by atoms with Crippen molar-refractivity contribution < 1.29 is 243 Å². The Hall–Kier alpha value is -2.94. The summed E-state index contributed by atoms with van der Waals surface area (Å²) in [5.41, 5.74) is 0. The Morgan fingerprint density at radius 2 is 0.574 bits per heavy atom. The van der Waals surface area contributed by atoms with Gasteiger partial charge in [0.05, 0.1) is 71.7 Å². The summed E-state index contributed by atoms with van der Waals surface area (Å²) in [5.74, 6) is -2.08. The molecule has 115 heavy (non-hydrogen) atoms. The number of ether oxygens (including phenoxy) is 18. The van der Waals surface area contributed by atoms with Crippen molar-refractivity contribution in [3.05, 3.63) is 0 Å². The van der Waals surface area contributed by atoms with Crippen molar-refractivity contribution in [3.8, 4) is 0 Å². The van der Waals surface area contributed by atoms with Crippen LogP contribution in [0, 0.1) is 0 Å². The fourth-order valence-corrected chi connectivity index (χ4v) is 14.6. The molecule has 670 valence electrons. The number of nitrogens with one attached hydrogen (secondary N) is 2. The molecule has 9 aliphatic rings. The van der Waals surface area contributed by atoms with E-state index in [9.17, 15) is 158 Å². The number of amides is 2. The molecule has 0 spiro atoms. The predicted molar refractivity (Wildman–Crippen MR) is 352 cm³/mol. The first kappa shape index (κ1) is 95.9. The first-order valence-corrected chi connectivity index (χ1v) is 36.8. The molecule has 0 saturated carbocycles. The fourth-order valence-electron chi connectivity index (χ4n) is 14.6. The third-order valence-electron chi connectivity index (χ3n) is 21.2. The van der Waals surface area contributed by atoms with Crippen molar-refractivity contribution >= 4 is 11.8 Å². The SMILES string of the molecule is CC(=O)N[C@H]1[C@H](OC[C@H]2O[C@@H](O[C@@H]([C@H](O)[C@@H](O)CO)[C@H](O)CO)[C@H](O)[C@@H](O[C@@H]3O[C@H](CO)[C@@H](O[C@@H]4O[C@H](CO)[C@H](O)[C@H](O[C@H]5O[C@H](CO)[C@H](O)[C@H](O)[C@H]5O)[C@H]4O)[C@H](O[C@@H]4O[C@@H](C)[C@@H](O)[C@@H](O)[C@@H]4O)[C@H]3NC(C)=O)[C@H]2O)O[C@H](CO)[C@@H](O[C@@H]2O[C@H](CO)[C@H](O)[C@H](O[C@H]3O[C@H](CO)[C@H](O)[C@H](O)[C@H]3O)[C@H]2O)[C@@H]1O[C@@H]1O[C@@H](C)[C@@H](O)[C@@H](O)[C@@H]1O. The Morgan fingerprint density at radius 1 is 0.296 bits per heavy atom. The van der Waals surface area contributed by atoms with Crippen molar-refractivity contribution in [3.63, 3.8) is 0 Å². The molecule has 0 unspecified atom stereocenters. The second kappa shape index (κ2) is 42.0. The van der Waals surface area contributed by atoms with Crippen LogP contribution in [0.15, 0.2) is 0 Å². The van der Waals surface area contributed by atoms with E-state index in [4.69, 9.17) is 85.3 Å². The molecule has 0 radical (unpaired) electrons. The van der Waals surface area contributed by atoms with Crippen molar-refractivity contribution in [1.82, 2.24) is 10.6 Å². The summed E-state index contributed by atoms with van der Waals surface area (Å²) in [4.78, 5) is 27.2. The van der Waals surface area contributed by atoms with E-state index in [1.54, 1.807) is 0 Å². The fraction of sp³-hybridized carbons (Fsp3) is 0.969. The van der Waals surface area contributed by atoms with Crippen molar-refractivity contribution in [2.24, 2.45) is 0 Å². The van der Waals surface area contributed by atoms with Gasteiger partial charge in [-0.25, -0.2) is 0 Å². The van der Waals surface area contributed by atoms with Gasteiger partial charge in [-0.1, -0.05) is 0 Å². The first-order chi connectivity index (χ1) is 54.3. The molecule has 51 heteroatoms. The molecule has 0 aromatic carbocycles. The molecular weight excluding hydrogens is 1580 g/mol. The maximum atomic E-state index is 13.6. The summed E-state index contributed by atoms with van der Waals surface area (Å²) in [6, 6.07) is -4.15. The molecule has 49 atom stereocenters. The number of aliphatic hydroxyl groups is 29. The highest BCUT2D eigenvalue weighted by Crippen LogP contribution is 2.41. The minimum atomic E-state index is -2.60. The van der Waals surface area contributed by atoms with Crippen LogP contribution >= 0.6 is 0 Å². The van der Waals surface area contributed by atoms with Gasteiger partial charge in [0.25, 0.3) is 0 Å². The molecular formula is C64H110N2O49. The largest absolute Gasteiger partial charge is 0.394 e. The van der Waals surface area contributed by atoms with E-state index in [1.807, 2.05) is 0 Å². The molecule has 0 aromatic rings. The van der Waals surface area contributed by atoms with Crippen molar-refractivity contribution in [2.45, 2.75) is 328 Å². The van der Waals surface area contributed by atoms with Gasteiger partial charge >= 0.3 is 0 Å². The van der Waals surface area contributed by atoms with Gasteiger partial charge in [-0.3, -0.25) is 9.59 Å². The lowest BCUT2D eigenvalue weighted by Crippen LogP contribution is -2.71. The average Bonchev–Trinajstić information content (AvgIpc) is 0.761. The summed E-state index contributed by atoms with van der Waals surface area (Å²) in [6.45, 7) is -6.37. The maximum absolute atomic E-state index is 13.6. The molecule has 31 N–H and O–H groups in total. The highest BCUT2D eigenvalue weighted by Gasteiger charge is 2.62. The molecule has 0 aliphatic carbocycles. The van der Waals surface area contributed by atoms with Gasteiger partial charge in [0.2, 0.25) is 11.8 Å². The van der Waals surface area contributed by atoms with E-state index >= 15 is 0 Å². The van der Waals surface area contributed by atoms with Gasteiger partial charge in [-0.2, -0.15) is 0 Å². The molecule has 9 fully saturated rings. The molecule has 51 nitrogen and oxygen atoms in total. The number of aliphatic hydroxyl groups excluding tert-OH is 29. The van der Waals surface area contributed by atoms with Crippen LogP contribution in [-0.4, -0.2) is 520 Å². The maximum Gasteiger partial charge on any atom is 0.217 e. The summed E-state index contributed by atoms with van der Waals surface area (Å²) in [7, 11) is 0. The van der Waals surface area contributed by atoms with E-state index in [1.165, 1.54) is 13.8 Å². The van der Waals surface area contributed by atoms with E-state index in [0.29, 0.717) is 0 Å². The van der Waals surface area contributed by atoms with Gasteiger partial charge in [0, 0.05) is 13.8 Å². The standard InChI is InChI=1S/C64H110N2O49/c1-14-29(79)37(87)41(91)58(99-14)111-51-27(65-16(3)75)56(105-24(11-73)49(51)109-62-45(95)53(34(84)22(9-71)103-62)114-60-43(93)39(89)32(82)20(7-69)101-60)98-13-26-36(86)55(47(97)64(107-26)108-48(19(78)6-68)31(81)18(77)5-67)113-57-28(66-17(4)76)52(112-59-42(92)38(88)30(80)15(2)100-59)50(25(12-74)106-57)110-63-46(96)54(35(85)23(10-72)104-63)115-61-44(94)40(90)33(83)21(8-70)102-61/h14-15,18-64,67-74,77-97H,5-13H2,1-4H3,(H,65,75)(H,66,76)/t14-,15-,18-,19+,20+,21+,22+,23+,24+,25+,26+,27+,28+,29+,30+,31+,32-,33-,34-,35-,36-,37+,38+,39-,40-,41-,42-,43+,44+,45+,46+,47+,48+,49+,50+,51+,52+,53-,54-,55-,56+,57-,58-,59-,60+,61+,62-,63-,64-/m0/s1. The van der Waals surface area contributed by atoms with Crippen molar-refractivity contribution in [1.29, 1.82) is 0 Å². The van der Waals surface area contributed by atoms with Gasteiger partial charge < -0.3 is 244 Å². The highest BCUT2D eigenvalue weighted by molar-refractivity contribution is 5.73. The molecule has 9 saturated heterocycles. The summed E-state index contributed by atoms with van der Waals surface area (Å²) in [5, 5.41) is 324. The Balaban J connectivity index is 1.08. The normalized spacial score (nSPS) is 49.2. The molecule has 9 aliphatic heterocycles. The number of rotatable bonds is 32. The molecule has 9 heterocycles. The number of carbonyl (C=O) groups is 2. The lowest BCUT2D eigenvalue weighted by molar-refractivity contribution is -0.397. The number of hydrogen-bond donors (Lipinski definition) is 31. The topological polar surface area (TPSA) is 811 Å². The minimum Gasteiger partial charge on any atom is -0.394 e. The predicted octanol–water partition coefficient (Wildman–Crippen LogP) is -20.8. The van der Waals surface area contributed by atoms with Crippen LogP contribution < -0.4 is 10.6 Å². The number of hydrogen-bond acceptors (Lipinski definition) is 49. The summed E-state index contributed by atoms with van der Waals surface area (Å²) >= 11 is 0. The Bertz CT molecular complexity index is 2950. The van der Waals surface area contributed by atoms with Crippen LogP contribution in [0.2, 0.25) is 0 Å². The first-order valence-electron chi connectivity index (χ1n) is 36.8. The zero-order valence-corrected chi connectivity index (χ0v) is 61.8. The van der Waals surface area contributed by atoms with E-state index < -0.39 is 372 Å². The summed E-state index contributed by atoms with van der Waals surface area (Å²) in [6.07, 6.45) is -99.4.